The van der Waals surface area contributed by atoms with E-state index in [9.17, 15) is 4.79 Å². The van der Waals surface area contributed by atoms with E-state index in [1.165, 1.54) is 0 Å². The SMILES string of the molecule is CCN(CC)CCOc1ccc(CNC(=O)c2ccc(Br)o2)cc1OC. The van der Waals surface area contributed by atoms with Crippen LogP contribution < -0.4 is 14.8 Å². The van der Waals surface area contributed by atoms with E-state index in [0.717, 1.165) is 25.2 Å². The van der Waals surface area contributed by atoms with Crippen molar-refractivity contribution in [1.29, 1.82) is 0 Å². The Kier molecular flexibility index (Phi) is 8.00. The van der Waals surface area contributed by atoms with Crippen LogP contribution in [-0.2, 0) is 6.54 Å². The maximum Gasteiger partial charge on any atom is 0.287 e. The molecular weight excluding hydrogens is 400 g/mol. The number of rotatable bonds is 10. The normalized spacial score (nSPS) is 10.8. The van der Waals surface area contributed by atoms with Crippen molar-refractivity contribution in [3.8, 4) is 11.5 Å². The zero-order valence-electron chi connectivity index (χ0n) is 15.4. The first-order valence-corrected chi connectivity index (χ1v) is 9.42. The molecule has 0 spiro atoms. The molecule has 26 heavy (non-hydrogen) atoms. The minimum absolute atomic E-state index is 0.264. The van der Waals surface area contributed by atoms with Crippen LogP contribution in [0.3, 0.4) is 0 Å². The number of nitrogens with one attached hydrogen (secondary N) is 1. The van der Waals surface area contributed by atoms with Gasteiger partial charge in [0.15, 0.2) is 21.9 Å². The molecule has 0 atom stereocenters. The Morgan fingerprint density at radius 3 is 2.58 bits per heavy atom. The van der Waals surface area contributed by atoms with Crippen molar-refractivity contribution in [3.63, 3.8) is 0 Å². The predicted octanol–water partition coefficient (Wildman–Crippen LogP) is 3.70. The summed E-state index contributed by atoms with van der Waals surface area (Å²) in [4.78, 5) is 14.3. The van der Waals surface area contributed by atoms with E-state index in [1.807, 2.05) is 18.2 Å². The number of ether oxygens (including phenoxy) is 2. The molecule has 0 unspecified atom stereocenters. The van der Waals surface area contributed by atoms with E-state index in [0.29, 0.717) is 29.3 Å². The van der Waals surface area contributed by atoms with Crippen molar-refractivity contribution >= 4 is 21.8 Å². The number of likely N-dealkylation sites (N-methyl/N-ethyl adjacent to an activating group) is 1. The molecule has 1 heterocycles. The third-order valence-electron chi connectivity index (χ3n) is 4.04. The Labute approximate surface area is 162 Å². The second-order valence-electron chi connectivity index (χ2n) is 5.65. The van der Waals surface area contributed by atoms with E-state index < -0.39 is 0 Å². The van der Waals surface area contributed by atoms with Gasteiger partial charge in [0.05, 0.1) is 7.11 Å². The summed E-state index contributed by atoms with van der Waals surface area (Å²) in [5.41, 5.74) is 0.914. The Bertz CT molecular complexity index is 713. The molecule has 0 saturated heterocycles. The highest BCUT2D eigenvalue weighted by Crippen LogP contribution is 2.28. The molecule has 0 aliphatic rings. The van der Waals surface area contributed by atoms with Gasteiger partial charge in [-0.15, -0.1) is 0 Å². The van der Waals surface area contributed by atoms with E-state index in [-0.39, 0.29) is 11.7 Å². The highest BCUT2D eigenvalue weighted by molar-refractivity contribution is 9.10. The third-order valence-corrected chi connectivity index (χ3v) is 4.46. The number of nitrogens with zero attached hydrogens (tertiary/aromatic N) is 1. The van der Waals surface area contributed by atoms with Gasteiger partial charge in [-0.1, -0.05) is 19.9 Å². The molecule has 7 heteroatoms. The fraction of sp³-hybridized carbons (Fsp3) is 0.421. The van der Waals surface area contributed by atoms with Crippen LogP contribution in [0.25, 0.3) is 0 Å². The predicted molar refractivity (Wildman–Crippen MR) is 104 cm³/mol. The summed E-state index contributed by atoms with van der Waals surface area (Å²) in [6.07, 6.45) is 0. The smallest absolute Gasteiger partial charge is 0.287 e. The van der Waals surface area contributed by atoms with Gasteiger partial charge in [-0.25, -0.2) is 0 Å². The Hall–Kier alpha value is -1.99. The van der Waals surface area contributed by atoms with Crippen LogP contribution in [0.15, 0.2) is 39.4 Å². The van der Waals surface area contributed by atoms with Crippen LogP contribution in [0.2, 0.25) is 0 Å². The molecule has 2 rings (SSSR count). The van der Waals surface area contributed by atoms with Crippen LogP contribution in [0.5, 0.6) is 11.5 Å². The van der Waals surface area contributed by atoms with Gasteiger partial charge >= 0.3 is 0 Å². The number of halogens is 1. The number of carbonyl (C=O) groups excluding carboxylic acids is 1. The maximum absolute atomic E-state index is 12.0. The highest BCUT2D eigenvalue weighted by atomic mass is 79.9. The molecule has 142 valence electrons. The van der Waals surface area contributed by atoms with Gasteiger partial charge in [0, 0.05) is 13.1 Å². The molecule has 1 aromatic heterocycles. The van der Waals surface area contributed by atoms with Gasteiger partial charge < -0.3 is 24.1 Å². The Balaban J connectivity index is 1.91. The van der Waals surface area contributed by atoms with Gasteiger partial charge in [0.2, 0.25) is 0 Å². The number of hydrogen-bond donors (Lipinski definition) is 1. The summed E-state index contributed by atoms with van der Waals surface area (Å²) in [5.74, 6) is 1.34. The van der Waals surface area contributed by atoms with E-state index in [1.54, 1.807) is 19.2 Å². The summed E-state index contributed by atoms with van der Waals surface area (Å²) in [7, 11) is 1.61. The van der Waals surface area contributed by atoms with Gasteiger partial charge in [-0.2, -0.15) is 0 Å². The number of carbonyl (C=O) groups is 1. The molecule has 1 N–H and O–H groups in total. The van der Waals surface area contributed by atoms with Gasteiger partial charge in [-0.3, -0.25) is 4.79 Å². The molecule has 1 amide bonds. The van der Waals surface area contributed by atoms with Gasteiger partial charge in [0.25, 0.3) is 5.91 Å². The monoisotopic (exact) mass is 424 g/mol. The van der Waals surface area contributed by atoms with Gasteiger partial charge in [-0.05, 0) is 58.8 Å². The molecule has 0 saturated carbocycles. The number of methoxy groups -OCH3 is 1. The minimum Gasteiger partial charge on any atom is -0.493 e. The fourth-order valence-corrected chi connectivity index (χ4v) is 2.78. The number of furan rings is 1. The molecule has 0 radical (unpaired) electrons. The molecule has 0 aliphatic heterocycles. The van der Waals surface area contributed by atoms with Crippen molar-refractivity contribution in [2.45, 2.75) is 20.4 Å². The first-order chi connectivity index (χ1) is 12.6. The van der Waals surface area contributed by atoms with Crippen molar-refractivity contribution in [2.24, 2.45) is 0 Å². The lowest BCUT2D eigenvalue weighted by Gasteiger charge is -2.19. The summed E-state index contributed by atoms with van der Waals surface area (Å²) in [6, 6.07) is 8.94. The van der Waals surface area contributed by atoms with Crippen molar-refractivity contribution in [2.75, 3.05) is 33.4 Å². The maximum atomic E-state index is 12.0. The molecular formula is C19H25BrN2O4. The van der Waals surface area contributed by atoms with Crippen LogP contribution >= 0.6 is 15.9 Å². The van der Waals surface area contributed by atoms with Crippen molar-refractivity contribution in [1.82, 2.24) is 10.2 Å². The number of benzene rings is 1. The average Bonchev–Trinajstić information content (AvgIpc) is 3.10. The van der Waals surface area contributed by atoms with E-state index in [4.69, 9.17) is 13.9 Å². The first-order valence-electron chi connectivity index (χ1n) is 8.63. The average molecular weight is 425 g/mol. The Morgan fingerprint density at radius 1 is 1.19 bits per heavy atom. The lowest BCUT2D eigenvalue weighted by molar-refractivity contribution is 0.0922. The van der Waals surface area contributed by atoms with Gasteiger partial charge in [0.1, 0.15) is 6.61 Å². The second-order valence-corrected chi connectivity index (χ2v) is 6.43. The zero-order valence-corrected chi connectivity index (χ0v) is 17.0. The number of hydrogen-bond acceptors (Lipinski definition) is 5. The number of amides is 1. The first kappa shape index (κ1) is 20.3. The van der Waals surface area contributed by atoms with Crippen molar-refractivity contribution < 1.29 is 18.7 Å². The summed E-state index contributed by atoms with van der Waals surface area (Å²) in [5, 5.41) is 2.82. The second kappa shape index (κ2) is 10.2. The third kappa shape index (κ3) is 5.78. The van der Waals surface area contributed by atoms with E-state index in [2.05, 4.69) is 40.0 Å². The molecule has 0 bridgehead atoms. The molecule has 0 fully saturated rings. The summed E-state index contributed by atoms with van der Waals surface area (Å²) in [6.45, 7) is 8.11. The lowest BCUT2D eigenvalue weighted by Crippen LogP contribution is -2.28. The quantitative estimate of drug-likeness (QED) is 0.629. The topological polar surface area (TPSA) is 63.9 Å². The minimum atomic E-state index is -0.269. The van der Waals surface area contributed by atoms with Crippen molar-refractivity contribution in [3.05, 3.63) is 46.3 Å². The zero-order chi connectivity index (χ0) is 18.9. The summed E-state index contributed by atoms with van der Waals surface area (Å²) >= 11 is 3.18. The van der Waals surface area contributed by atoms with Crippen LogP contribution in [0.1, 0.15) is 30.0 Å². The largest absolute Gasteiger partial charge is 0.493 e. The van der Waals surface area contributed by atoms with Crippen LogP contribution in [0, 0.1) is 0 Å². The molecule has 6 nitrogen and oxygen atoms in total. The lowest BCUT2D eigenvalue weighted by atomic mass is 10.2. The molecule has 2 aromatic rings. The Morgan fingerprint density at radius 2 is 1.96 bits per heavy atom. The molecule has 0 aliphatic carbocycles. The summed E-state index contributed by atoms with van der Waals surface area (Å²) < 4.78 is 17.0. The highest BCUT2D eigenvalue weighted by Gasteiger charge is 2.11. The fourth-order valence-electron chi connectivity index (χ4n) is 2.47. The molecule has 1 aromatic carbocycles. The van der Waals surface area contributed by atoms with Crippen LogP contribution in [0.4, 0.5) is 0 Å². The van der Waals surface area contributed by atoms with E-state index >= 15 is 0 Å². The standard InChI is InChI=1S/C19H25BrN2O4/c1-4-22(5-2)10-11-25-15-7-6-14(12-17(15)24-3)13-21-19(23)16-8-9-18(20)26-16/h6-9,12H,4-5,10-11,13H2,1-3H3,(H,21,23). The van der Waals surface area contributed by atoms with Crippen LogP contribution in [-0.4, -0.2) is 44.2 Å².